The monoisotopic (exact) mass is 420 g/mol. The summed E-state index contributed by atoms with van der Waals surface area (Å²) in [5, 5.41) is 5.62. The molecule has 4 heterocycles. The molecule has 5 rings (SSSR count). The maximum Gasteiger partial charge on any atom is 0.222 e. The Hall–Kier alpha value is -3.00. The third-order valence-electron chi connectivity index (χ3n) is 6.25. The van der Waals surface area contributed by atoms with Crippen LogP contribution in [0.4, 0.5) is 5.82 Å². The number of para-hydroxylation sites is 1. The fourth-order valence-electron chi connectivity index (χ4n) is 4.44. The Morgan fingerprint density at radius 3 is 2.52 bits per heavy atom. The lowest BCUT2D eigenvalue weighted by Crippen LogP contribution is -2.49. The van der Waals surface area contributed by atoms with Crippen LogP contribution in [0, 0.1) is 0 Å². The molecule has 8 heteroatoms. The molecule has 0 radical (unpaired) electrons. The number of amides is 1. The highest BCUT2D eigenvalue weighted by Gasteiger charge is 2.27. The molecular weight excluding hydrogens is 392 g/mol. The standard InChI is InChI=1S/C23H28N6O2/c1-2-20(30)27-10-12-28(13-11-27)22-19-16-24-29(18-6-4-3-5-7-18)23(19)26-21(25-22)17-8-14-31-15-9-17/h3-7,16-17H,2,8-15H2,1H3. The van der Waals surface area contributed by atoms with Crippen molar-refractivity contribution in [3.63, 3.8) is 0 Å². The highest BCUT2D eigenvalue weighted by molar-refractivity contribution is 5.88. The Kier molecular flexibility index (Phi) is 5.55. The summed E-state index contributed by atoms with van der Waals surface area (Å²) in [6.45, 7) is 6.38. The van der Waals surface area contributed by atoms with E-state index >= 15 is 0 Å². The summed E-state index contributed by atoms with van der Waals surface area (Å²) in [4.78, 5) is 26.4. The van der Waals surface area contributed by atoms with Crippen LogP contribution in [-0.2, 0) is 9.53 Å². The first-order valence-corrected chi connectivity index (χ1v) is 11.2. The maximum absolute atomic E-state index is 12.1. The van der Waals surface area contributed by atoms with Gasteiger partial charge in [0.1, 0.15) is 11.6 Å². The number of benzene rings is 1. The number of carbonyl (C=O) groups excluding carboxylic acids is 1. The number of carbonyl (C=O) groups is 1. The van der Waals surface area contributed by atoms with Crippen molar-refractivity contribution in [1.29, 1.82) is 0 Å². The third kappa shape index (κ3) is 3.87. The number of nitrogens with zero attached hydrogens (tertiary/aromatic N) is 6. The summed E-state index contributed by atoms with van der Waals surface area (Å²) in [7, 11) is 0. The van der Waals surface area contributed by atoms with Crippen LogP contribution >= 0.6 is 0 Å². The van der Waals surface area contributed by atoms with Gasteiger partial charge in [-0.1, -0.05) is 25.1 Å². The van der Waals surface area contributed by atoms with E-state index in [0.29, 0.717) is 12.3 Å². The molecule has 1 aromatic carbocycles. The smallest absolute Gasteiger partial charge is 0.222 e. The molecule has 0 spiro atoms. The highest BCUT2D eigenvalue weighted by atomic mass is 16.5. The van der Waals surface area contributed by atoms with Gasteiger partial charge in [-0.25, -0.2) is 14.6 Å². The van der Waals surface area contributed by atoms with Crippen molar-refractivity contribution in [2.75, 3.05) is 44.3 Å². The van der Waals surface area contributed by atoms with E-state index < -0.39 is 0 Å². The second kappa shape index (κ2) is 8.63. The minimum absolute atomic E-state index is 0.215. The molecule has 0 unspecified atom stereocenters. The predicted molar refractivity (Wildman–Crippen MR) is 119 cm³/mol. The summed E-state index contributed by atoms with van der Waals surface area (Å²) < 4.78 is 7.46. The quantitative estimate of drug-likeness (QED) is 0.646. The maximum atomic E-state index is 12.1. The van der Waals surface area contributed by atoms with E-state index in [-0.39, 0.29) is 5.91 Å². The molecule has 31 heavy (non-hydrogen) atoms. The first kappa shape index (κ1) is 19.9. The van der Waals surface area contributed by atoms with Crippen molar-refractivity contribution in [3.8, 4) is 5.69 Å². The van der Waals surface area contributed by atoms with Crippen molar-refractivity contribution in [2.45, 2.75) is 32.1 Å². The van der Waals surface area contributed by atoms with Gasteiger partial charge in [0.05, 0.1) is 17.3 Å². The average molecular weight is 421 g/mol. The van der Waals surface area contributed by atoms with Crippen LogP contribution in [0.5, 0.6) is 0 Å². The van der Waals surface area contributed by atoms with Crippen molar-refractivity contribution in [2.24, 2.45) is 0 Å². The Labute approximate surface area is 181 Å². The summed E-state index contributed by atoms with van der Waals surface area (Å²) in [5.41, 5.74) is 1.82. The van der Waals surface area contributed by atoms with E-state index in [1.165, 1.54) is 0 Å². The first-order chi connectivity index (χ1) is 15.2. The summed E-state index contributed by atoms with van der Waals surface area (Å²) in [6.07, 6.45) is 4.29. The largest absolute Gasteiger partial charge is 0.381 e. The Morgan fingerprint density at radius 1 is 1.06 bits per heavy atom. The van der Waals surface area contributed by atoms with Crippen LogP contribution in [-0.4, -0.2) is 69.9 Å². The molecule has 2 fully saturated rings. The highest BCUT2D eigenvalue weighted by Crippen LogP contribution is 2.31. The normalized spacial score (nSPS) is 18.0. The third-order valence-corrected chi connectivity index (χ3v) is 6.25. The molecule has 1 amide bonds. The lowest BCUT2D eigenvalue weighted by Gasteiger charge is -2.36. The average Bonchev–Trinajstić information content (AvgIpc) is 3.28. The minimum atomic E-state index is 0.215. The summed E-state index contributed by atoms with van der Waals surface area (Å²) in [6, 6.07) is 10.1. The van der Waals surface area contributed by atoms with E-state index in [1.54, 1.807) is 0 Å². The van der Waals surface area contributed by atoms with Crippen molar-refractivity contribution in [3.05, 3.63) is 42.4 Å². The lowest BCUT2D eigenvalue weighted by atomic mass is 9.99. The van der Waals surface area contributed by atoms with Crippen molar-refractivity contribution in [1.82, 2.24) is 24.6 Å². The number of piperazine rings is 1. The van der Waals surface area contributed by atoms with Crippen LogP contribution in [0.15, 0.2) is 36.5 Å². The van der Waals surface area contributed by atoms with Gasteiger partial charge in [-0.2, -0.15) is 5.10 Å². The van der Waals surface area contributed by atoms with Gasteiger partial charge in [0.15, 0.2) is 5.65 Å². The molecule has 8 nitrogen and oxygen atoms in total. The van der Waals surface area contributed by atoms with E-state index in [2.05, 4.69) is 10.00 Å². The molecule has 2 saturated heterocycles. The van der Waals surface area contributed by atoms with Gasteiger partial charge in [-0.3, -0.25) is 4.79 Å². The van der Waals surface area contributed by atoms with Crippen LogP contribution in [0.1, 0.15) is 37.9 Å². The molecule has 0 aliphatic carbocycles. The van der Waals surface area contributed by atoms with Crippen LogP contribution in [0.2, 0.25) is 0 Å². The fourth-order valence-corrected chi connectivity index (χ4v) is 4.44. The molecule has 0 saturated carbocycles. The van der Waals surface area contributed by atoms with Gasteiger partial charge >= 0.3 is 0 Å². The van der Waals surface area contributed by atoms with Gasteiger partial charge in [-0.15, -0.1) is 0 Å². The number of ether oxygens (including phenoxy) is 1. The van der Waals surface area contributed by atoms with Crippen molar-refractivity contribution < 1.29 is 9.53 Å². The number of hydrogen-bond acceptors (Lipinski definition) is 6. The van der Waals surface area contributed by atoms with Gasteiger partial charge in [0, 0.05) is 51.7 Å². The fraction of sp³-hybridized carbons (Fsp3) is 0.478. The Morgan fingerprint density at radius 2 is 1.81 bits per heavy atom. The summed E-state index contributed by atoms with van der Waals surface area (Å²) in [5.74, 6) is 2.30. The number of fused-ring (bicyclic) bond motifs is 1. The van der Waals surface area contributed by atoms with E-state index in [1.807, 2.05) is 53.0 Å². The molecule has 0 N–H and O–H groups in total. The van der Waals surface area contributed by atoms with Gasteiger partial charge < -0.3 is 14.5 Å². The van der Waals surface area contributed by atoms with Gasteiger partial charge in [0.2, 0.25) is 5.91 Å². The van der Waals surface area contributed by atoms with Crippen molar-refractivity contribution >= 4 is 22.8 Å². The second-order valence-corrected chi connectivity index (χ2v) is 8.14. The van der Waals surface area contributed by atoms with Gasteiger partial charge in [-0.05, 0) is 25.0 Å². The molecule has 2 aliphatic heterocycles. The van der Waals surface area contributed by atoms with Crippen LogP contribution in [0.3, 0.4) is 0 Å². The minimum Gasteiger partial charge on any atom is -0.381 e. The van der Waals surface area contributed by atoms with Crippen LogP contribution < -0.4 is 4.90 Å². The lowest BCUT2D eigenvalue weighted by molar-refractivity contribution is -0.131. The molecule has 2 aromatic heterocycles. The van der Waals surface area contributed by atoms with Gasteiger partial charge in [0.25, 0.3) is 0 Å². The number of aromatic nitrogens is 4. The molecule has 0 bridgehead atoms. The predicted octanol–water partition coefficient (Wildman–Crippen LogP) is 2.77. The zero-order chi connectivity index (χ0) is 21.2. The van der Waals surface area contributed by atoms with E-state index in [9.17, 15) is 4.79 Å². The van der Waals surface area contributed by atoms with E-state index in [4.69, 9.17) is 14.7 Å². The van der Waals surface area contributed by atoms with E-state index in [0.717, 1.165) is 80.6 Å². The second-order valence-electron chi connectivity index (χ2n) is 8.14. The first-order valence-electron chi connectivity index (χ1n) is 11.2. The molecule has 2 aliphatic rings. The van der Waals surface area contributed by atoms with Crippen LogP contribution in [0.25, 0.3) is 16.7 Å². The Bertz CT molecular complexity index is 1050. The topological polar surface area (TPSA) is 76.4 Å². The molecular formula is C23H28N6O2. The Balaban J connectivity index is 1.55. The number of rotatable bonds is 4. The molecule has 0 atom stereocenters. The molecule has 3 aromatic rings. The number of anilines is 1. The summed E-state index contributed by atoms with van der Waals surface area (Å²) >= 11 is 0. The zero-order valence-electron chi connectivity index (χ0n) is 17.9. The zero-order valence-corrected chi connectivity index (χ0v) is 17.9. The SMILES string of the molecule is CCC(=O)N1CCN(c2nc(C3CCOCC3)nc3c2cnn3-c2ccccc2)CC1. The molecule has 162 valence electrons. The number of hydrogen-bond donors (Lipinski definition) is 0.